The number of rotatable bonds is 5. The van der Waals surface area contributed by atoms with E-state index in [1.165, 1.54) is 39.3 Å². The van der Waals surface area contributed by atoms with Crippen molar-refractivity contribution in [3.63, 3.8) is 0 Å². The van der Waals surface area contributed by atoms with E-state index in [0.29, 0.717) is 37.5 Å². The Morgan fingerprint density at radius 3 is 2.94 bits per heavy atom. The molecule has 3 aromatic heterocycles. The zero-order chi connectivity index (χ0) is 22.9. The van der Waals surface area contributed by atoms with Gasteiger partial charge < -0.3 is 5.32 Å². The molecular weight excluding hydrogens is 472 g/mol. The van der Waals surface area contributed by atoms with Crippen LogP contribution in [0.3, 0.4) is 0 Å². The zero-order valence-corrected chi connectivity index (χ0v) is 20.3. The smallest absolute Gasteiger partial charge is 0.267 e. The number of anilines is 1. The average Bonchev–Trinajstić information content (AvgIpc) is 3.42. The Kier molecular flexibility index (Phi) is 6.06. The van der Waals surface area contributed by atoms with Gasteiger partial charge in [-0.25, -0.2) is 4.98 Å². The Hall–Kier alpha value is -2.93. The number of fused-ring (bicyclic) bond motifs is 2. The van der Waals surface area contributed by atoms with Gasteiger partial charge in [0.15, 0.2) is 5.16 Å². The van der Waals surface area contributed by atoms with Gasteiger partial charge in [-0.3, -0.25) is 14.2 Å². The molecule has 0 radical (unpaired) electrons. The van der Waals surface area contributed by atoms with Crippen molar-refractivity contribution in [2.45, 2.75) is 31.3 Å². The first-order valence-corrected chi connectivity index (χ1v) is 13.3. The van der Waals surface area contributed by atoms with E-state index in [1.54, 1.807) is 10.6 Å². The molecule has 166 valence electrons. The zero-order valence-electron chi connectivity index (χ0n) is 17.8. The minimum Gasteiger partial charge on any atom is -0.316 e. The van der Waals surface area contributed by atoms with Crippen LogP contribution in [0.4, 0.5) is 5.00 Å². The molecule has 1 amide bonds. The van der Waals surface area contributed by atoms with Crippen molar-refractivity contribution >= 4 is 55.6 Å². The predicted molar refractivity (Wildman–Crippen MR) is 135 cm³/mol. The highest BCUT2D eigenvalue weighted by Gasteiger charge is 2.25. The van der Waals surface area contributed by atoms with Crippen LogP contribution in [0.15, 0.2) is 51.7 Å². The number of hydrogen-bond acceptors (Lipinski definition) is 7. The molecule has 4 aromatic rings. The first kappa shape index (κ1) is 21.9. The second-order valence-corrected chi connectivity index (χ2v) is 11.0. The van der Waals surface area contributed by atoms with Gasteiger partial charge in [-0.2, -0.15) is 5.26 Å². The maximum absolute atomic E-state index is 13.2. The molecule has 1 aliphatic carbocycles. The number of carbonyl (C=O) groups excluding carboxylic acids is 1. The minimum atomic E-state index is -0.219. The van der Waals surface area contributed by atoms with Gasteiger partial charge in [-0.15, -0.1) is 22.7 Å². The highest BCUT2D eigenvalue weighted by Crippen LogP contribution is 2.39. The third-order valence-electron chi connectivity index (χ3n) is 5.69. The Morgan fingerprint density at radius 1 is 1.33 bits per heavy atom. The maximum atomic E-state index is 13.2. The lowest BCUT2D eigenvalue weighted by atomic mass is 9.89. The van der Waals surface area contributed by atoms with E-state index >= 15 is 0 Å². The first-order chi connectivity index (χ1) is 16.0. The molecule has 6 nitrogen and oxygen atoms in total. The number of benzene rings is 1. The monoisotopic (exact) mass is 492 g/mol. The van der Waals surface area contributed by atoms with Crippen molar-refractivity contribution < 1.29 is 4.79 Å². The molecule has 1 unspecified atom stereocenters. The number of thioether (sulfide) groups is 1. The average molecular weight is 493 g/mol. The summed E-state index contributed by atoms with van der Waals surface area (Å²) in [6.45, 7) is 2.22. The van der Waals surface area contributed by atoms with Crippen LogP contribution < -0.4 is 10.9 Å². The van der Waals surface area contributed by atoms with Crippen molar-refractivity contribution in [3.8, 4) is 11.8 Å². The van der Waals surface area contributed by atoms with Crippen LogP contribution in [-0.2, 0) is 17.6 Å². The molecule has 1 atom stereocenters. The van der Waals surface area contributed by atoms with Gasteiger partial charge in [-0.05, 0) is 54.3 Å². The van der Waals surface area contributed by atoms with Gasteiger partial charge >= 0.3 is 0 Å². The molecule has 3 heterocycles. The van der Waals surface area contributed by atoms with Crippen LogP contribution in [-0.4, -0.2) is 21.2 Å². The summed E-state index contributed by atoms with van der Waals surface area (Å²) >= 11 is 4.14. The van der Waals surface area contributed by atoms with Crippen molar-refractivity contribution in [2.75, 3.05) is 11.1 Å². The van der Waals surface area contributed by atoms with Gasteiger partial charge in [0.25, 0.3) is 5.56 Å². The van der Waals surface area contributed by atoms with Crippen LogP contribution in [0.25, 0.3) is 15.9 Å². The van der Waals surface area contributed by atoms with Crippen molar-refractivity contribution in [2.24, 2.45) is 5.92 Å². The molecule has 0 saturated carbocycles. The van der Waals surface area contributed by atoms with Crippen LogP contribution in [0.5, 0.6) is 0 Å². The first-order valence-electron chi connectivity index (χ1n) is 10.6. The summed E-state index contributed by atoms with van der Waals surface area (Å²) in [6, 6.07) is 13.4. The number of hydrogen-bond donors (Lipinski definition) is 1. The fourth-order valence-electron chi connectivity index (χ4n) is 4.05. The molecule has 1 N–H and O–H groups in total. The largest absolute Gasteiger partial charge is 0.316 e. The normalized spacial score (nSPS) is 15.2. The summed E-state index contributed by atoms with van der Waals surface area (Å²) in [5.41, 5.74) is 2.24. The number of amides is 1. The van der Waals surface area contributed by atoms with E-state index in [0.717, 1.165) is 24.8 Å². The van der Waals surface area contributed by atoms with Crippen LogP contribution in [0.2, 0.25) is 0 Å². The van der Waals surface area contributed by atoms with Gasteiger partial charge in [0, 0.05) is 4.88 Å². The topological polar surface area (TPSA) is 87.8 Å². The molecule has 1 aromatic carbocycles. The molecule has 5 rings (SSSR count). The van der Waals surface area contributed by atoms with Gasteiger partial charge in [0.2, 0.25) is 5.91 Å². The summed E-state index contributed by atoms with van der Waals surface area (Å²) in [6.07, 6.45) is 2.90. The third-order valence-corrected chi connectivity index (χ3v) is 8.60. The van der Waals surface area contributed by atoms with Crippen LogP contribution in [0, 0.1) is 17.2 Å². The van der Waals surface area contributed by atoms with E-state index in [1.807, 2.05) is 35.7 Å². The number of nitriles is 1. The Balaban J connectivity index is 1.40. The third kappa shape index (κ3) is 4.22. The van der Waals surface area contributed by atoms with Gasteiger partial charge in [0.1, 0.15) is 15.9 Å². The molecule has 33 heavy (non-hydrogen) atoms. The van der Waals surface area contributed by atoms with Crippen molar-refractivity contribution in [1.29, 1.82) is 5.26 Å². The number of nitrogens with zero attached hydrogens (tertiary/aromatic N) is 3. The SMILES string of the molecule is CC1CCc2c(sc(NC(=O)CSc3nc4sccc4c(=O)n3-c3ccccc3)c2C#N)C1. The fraction of sp³-hybridized carbons (Fsp3) is 0.250. The Labute approximate surface area is 202 Å². The number of thiophene rings is 2. The molecule has 0 fully saturated rings. The highest BCUT2D eigenvalue weighted by molar-refractivity contribution is 7.99. The summed E-state index contributed by atoms with van der Waals surface area (Å²) in [5, 5.41) is 16.1. The molecule has 0 spiro atoms. The van der Waals surface area contributed by atoms with Crippen LogP contribution in [0.1, 0.15) is 29.3 Å². The number of para-hydroxylation sites is 1. The van der Waals surface area contributed by atoms with Crippen molar-refractivity contribution in [3.05, 3.63) is 68.1 Å². The molecule has 1 aliphatic rings. The molecular formula is C24H20N4O2S3. The molecule has 9 heteroatoms. The quantitative estimate of drug-likeness (QED) is 0.304. The number of carbonyl (C=O) groups is 1. The lowest BCUT2D eigenvalue weighted by Crippen LogP contribution is -2.22. The second-order valence-electron chi connectivity index (χ2n) is 8.01. The Bertz CT molecular complexity index is 1450. The molecule has 0 saturated heterocycles. The second kappa shape index (κ2) is 9.14. The lowest BCUT2D eigenvalue weighted by Gasteiger charge is -2.17. The maximum Gasteiger partial charge on any atom is 0.267 e. The Morgan fingerprint density at radius 2 is 2.15 bits per heavy atom. The summed E-state index contributed by atoms with van der Waals surface area (Å²) in [5.74, 6) is 0.457. The van der Waals surface area contributed by atoms with E-state index in [-0.39, 0.29) is 17.2 Å². The summed E-state index contributed by atoms with van der Waals surface area (Å²) in [7, 11) is 0. The van der Waals surface area contributed by atoms with Crippen LogP contribution >= 0.6 is 34.4 Å². The van der Waals surface area contributed by atoms with E-state index < -0.39 is 0 Å². The fourth-order valence-corrected chi connectivity index (χ4v) is 7.04. The van der Waals surface area contributed by atoms with E-state index in [4.69, 9.17) is 0 Å². The summed E-state index contributed by atoms with van der Waals surface area (Å²) in [4.78, 5) is 32.5. The van der Waals surface area contributed by atoms with Crippen molar-refractivity contribution in [1.82, 2.24) is 9.55 Å². The van der Waals surface area contributed by atoms with Gasteiger partial charge in [-0.1, -0.05) is 36.9 Å². The highest BCUT2D eigenvalue weighted by atomic mass is 32.2. The predicted octanol–water partition coefficient (Wildman–Crippen LogP) is 5.24. The lowest BCUT2D eigenvalue weighted by molar-refractivity contribution is -0.113. The number of nitrogens with one attached hydrogen (secondary N) is 1. The minimum absolute atomic E-state index is 0.0833. The molecule has 0 aliphatic heterocycles. The van der Waals surface area contributed by atoms with E-state index in [9.17, 15) is 14.9 Å². The molecule has 0 bridgehead atoms. The standard InChI is InChI=1S/C24H20N4O2S3/c1-14-7-8-16-18(12-25)22(33-19(16)11-14)26-20(29)13-32-24-27-21-17(9-10-31-21)23(30)28(24)15-5-3-2-4-6-15/h2-6,9-10,14H,7-8,11,13H2,1H3,(H,26,29). The van der Waals surface area contributed by atoms with Gasteiger partial charge in [0.05, 0.1) is 22.4 Å². The summed E-state index contributed by atoms with van der Waals surface area (Å²) < 4.78 is 1.55. The number of aromatic nitrogens is 2. The van der Waals surface area contributed by atoms with E-state index in [2.05, 4.69) is 23.3 Å².